The molecule has 1 aliphatic carbocycles. The van der Waals surface area contributed by atoms with E-state index in [9.17, 15) is 4.79 Å². The summed E-state index contributed by atoms with van der Waals surface area (Å²) in [6.07, 6.45) is 5.52. The van der Waals surface area contributed by atoms with Crippen LogP contribution in [0, 0.1) is 0 Å². The number of pyridine rings is 1. The summed E-state index contributed by atoms with van der Waals surface area (Å²) in [4.78, 5) is 19.4. The monoisotopic (exact) mass is 336 g/mol. The van der Waals surface area contributed by atoms with Gasteiger partial charge in [0, 0.05) is 31.6 Å². The van der Waals surface area contributed by atoms with Gasteiger partial charge in [0.2, 0.25) is 0 Å². The SMILES string of the molecule is CN(CCn1cnnc1)c1cc(C(=O)NC2CC2)c2ccccc2n1. The van der Waals surface area contributed by atoms with E-state index in [0.717, 1.165) is 42.7 Å². The van der Waals surface area contributed by atoms with Gasteiger partial charge in [-0.25, -0.2) is 4.98 Å². The molecule has 0 aliphatic heterocycles. The first-order valence-electron chi connectivity index (χ1n) is 8.45. The highest BCUT2D eigenvalue weighted by molar-refractivity contribution is 6.07. The smallest absolute Gasteiger partial charge is 0.252 e. The minimum Gasteiger partial charge on any atom is -0.358 e. The number of amides is 1. The van der Waals surface area contributed by atoms with Crippen LogP contribution in [-0.4, -0.2) is 45.3 Å². The Morgan fingerprint density at radius 1 is 1.28 bits per heavy atom. The van der Waals surface area contributed by atoms with Crippen LogP contribution in [0.5, 0.6) is 0 Å². The zero-order chi connectivity index (χ0) is 17.2. The molecule has 0 atom stereocenters. The van der Waals surface area contributed by atoms with E-state index in [-0.39, 0.29) is 5.91 Å². The van der Waals surface area contributed by atoms with Crippen LogP contribution in [0.1, 0.15) is 23.2 Å². The number of likely N-dealkylation sites (N-methyl/N-ethyl adjacent to an activating group) is 1. The molecule has 1 N–H and O–H groups in total. The van der Waals surface area contributed by atoms with Crippen LogP contribution in [0.25, 0.3) is 10.9 Å². The predicted molar refractivity (Wildman–Crippen MR) is 95.5 cm³/mol. The second-order valence-electron chi connectivity index (χ2n) is 6.41. The van der Waals surface area contributed by atoms with Crippen molar-refractivity contribution in [3.8, 4) is 0 Å². The normalized spacial score (nSPS) is 13.8. The third kappa shape index (κ3) is 3.45. The van der Waals surface area contributed by atoms with Crippen LogP contribution < -0.4 is 10.2 Å². The van der Waals surface area contributed by atoms with Gasteiger partial charge in [0.05, 0.1) is 11.1 Å². The van der Waals surface area contributed by atoms with E-state index >= 15 is 0 Å². The largest absolute Gasteiger partial charge is 0.358 e. The average molecular weight is 336 g/mol. The minimum absolute atomic E-state index is 0.0189. The Balaban J connectivity index is 1.62. The van der Waals surface area contributed by atoms with Gasteiger partial charge >= 0.3 is 0 Å². The van der Waals surface area contributed by atoms with Gasteiger partial charge in [-0.15, -0.1) is 10.2 Å². The van der Waals surface area contributed by atoms with Crippen molar-refractivity contribution in [3.63, 3.8) is 0 Å². The van der Waals surface area contributed by atoms with Crippen molar-refractivity contribution >= 4 is 22.6 Å². The van der Waals surface area contributed by atoms with Gasteiger partial charge in [0.1, 0.15) is 18.5 Å². The molecule has 0 spiro atoms. The Hall–Kier alpha value is -2.96. The summed E-state index contributed by atoms with van der Waals surface area (Å²) in [5.41, 5.74) is 1.51. The van der Waals surface area contributed by atoms with E-state index in [2.05, 4.69) is 15.5 Å². The van der Waals surface area contributed by atoms with Crippen molar-refractivity contribution in [2.45, 2.75) is 25.4 Å². The van der Waals surface area contributed by atoms with Crippen molar-refractivity contribution in [2.75, 3.05) is 18.5 Å². The van der Waals surface area contributed by atoms with Crippen LogP contribution in [0.3, 0.4) is 0 Å². The number of anilines is 1. The first kappa shape index (κ1) is 15.6. The molecule has 4 rings (SSSR count). The summed E-state index contributed by atoms with van der Waals surface area (Å²) in [6.45, 7) is 1.49. The molecular formula is C18H20N6O. The molecule has 1 aromatic carbocycles. The van der Waals surface area contributed by atoms with Crippen molar-refractivity contribution in [1.82, 2.24) is 25.1 Å². The van der Waals surface area contributed by atoms with Crippen LogP contribution in [0.15, 0.2) is 43.0 Å². The predicted octanol–water partition coefficient (Wildman–Crippen LogP) is 1.85. The van der Waals surface area contributed by atoms with Gasteiger partial charge in [0.15, 0.2) is 0 Å². The van der Waals surface area contributed by atoms with Crippen LogP contribution in [0.2, 0.25) is 0 Å². The van der Waals surface area contributed by atoms with Gasteiger partial charge in [-0.05, 0) is 25.0 Å². The Morgan fingerprint density at radius 2 is 2.04 bits per heavy atom. The number of aromatic nitrogens is 4. The minimum atomic E-state index is -0.0189. The number of carbonyl (C=O) groups excluding carboxylic acids is 1. The lowest BCUT2D eigenvalue weighted by Gasteiger charge is -2.20. The molecule has 0 radical (unpaired) electrons. The van der Waals surface area contributed by atoms with Crippen molar-refractivity contribution in [1.29, 1.82) is 0 Å². The number of para-hydroxylation sites is 1. The maximum atomic E-state index is 12.7. The molecule has 2 aromatic heterocycles. The van der Waals surface area contributed by atoms with Crippen LogP contribution >= 0.6 is 0 Å². The Morgan fingerprint density at radius 3 is 2.80 bits per heavy atom. The van der Waals surface area contributed by atoms with Gasteiger partial charge in [-0.3, -0.25) is 4.79 Å². The summed E-state index contributed by atoms with van der Waals surface area (Å²) >= 11 is 0. The second kappa shape index (κ2) is 6.51. The highest BCUT2D eigenvalue weighted by Gasteiger charge is 2.25. The number of benzene rings is 1. The average Bonchev–Trinajstić information content (AvgIpc) is 3.29. The fourth-order valence-electron chi connectivity index (χ4n) is 2.75. The molecule has 7 heteroatoms. The maximum Gasteiger partial charge on any atom is 0.252 e. The van der Waals surface area contributed by atoms with Gasteiger partial charge in [0.25, 0.3) is 5.91 Å². The number of nitrogens with one attached hydrogen (secondary N) is 1. The molecule has 1 saturated carbocycles. The molecule has 2 heterocycles. The molecule has 0 bridgehead atoms. The molecule has 7 nitrogen and oxygen atoms in total. The first-order valence-corrected chi connectivity index (χ1v) is 8.45. The zero-order valence-corrected chi connectivity index (χ0v) is 14.1. The number of rotatable bonds is 6. The second-order valence-corrected chi connectivity index (χ2v) is 6.41. The van der Waals surface area contributed by atoms with Crippen LogP contribution in [-0.2, 0) is 6.54 Å². The molecule has 1 amide bonds. The molecule has 1 aliphatic rings. The molecule has 0 saturated heterocycles. The van der Waals surface area contributed by atoms with Gasteiger partial charge < -0.3 is 14.8 Å². The van der Waals surface area contributed by atoms with Gasteiger partial charge in [-0.2, -0.15) is 0 Å². The van der Waals surface area contributed by atoms with E-state index in [1.54, 1.807) is 12.7 Å². The third-order valence-corrected chi connectivity index (χ3v) is 4.41. The lowest BCUT2D eigenvalue weighted by molar-refractivity contribution is 0.0952. The Bertz CT molecular complexity index is 888. The molecular weight excluding hydrogens is 316 g/mol. The fraction of sp³-hybridized carbons (Fsp3) is 0.333. The fourth-order valence-corrected chi connectivity index (χ4v) is 2.75. The van der Waals surface area contributed by atoms with E-state index in [1.165, 1.54) is 0 Å². The highest BCUT2D eigenvalue weighted by Crippen LogP contribution is 2.25. The third-order valence-electron chi connectivity index (χ3n) is 4.41. The summed E-state index contributed by atoms with van der Waals surface area (Å²) in [5, 5.41) is 11.6. The number of nitrogens with zero attached hydrogens (tertiary/aromatic N) is 5. The summed E-state index contributed by atoms with van der Waals surface area (Å²) in [6, 6.07) is 9.98. The number of hydrogen-bond acceptors (Lipinski definition) is 5. The van der Waals surface area contributed by atoms with Crippen molar-refractivity contribution < 1.29 is 4.79 Å². The van der Waals surface area contributed by atoms with Gasteiger partial charge in [-0.1, -0.05) is 18.2 Å². The van der Waals surface area contributed by atoms with Crippen molar-refractivity contribution in [2.24, 2.45) is 0 Å². The van der Waals surface area contributed by atoms with E-state index in [1.807, 2.05) is 46.8 Å². The first-order chi connectivity index (χ1) is 12.2. The molecule has 1 fully saturated rings. The Kier molecular flexibility index (Phi) is 4.05. The van der Waals surface area contributed by atoms with E-state index in [4.69, 9.17) is 4.98 Å². The lowest BCUT2D eigenvalue weighted by Crippen LogP contribution is -2.27. The molecule has 128 valence electrons. The van der Waals surface area contributed by atoms with E-state index in [0.29, 0.717) is 11.6 Å². The van der Waals surface area contributed by atoms with E-state index < -0.39 is 0 Å². The molecule has 3 aromatic rings. The standard InChI is InChI=1S/C18H20N6O/c1-23(8-9-24-11-19-20-12-24)17-10-15(18(25)21-13-6-7-13)14-4-2-3-5-16(14)22-17/h2-5,10-13H,6-9H2,1H3,(H,21,25). The summed E-state index contributed by atoms with van der Waals surface area (Å²) in [7, 11) is 1.98. The quantitative estimate of drug-likeness (QED) is 0.743. The summed E-state index contributed by atoms with van der Waals surface area (Å²) in [5.74, 6) is 0.766. The zero-order valence-electron chi connectivity index (χ0n) is 14.1. The number of hydrogen-bond donors (Lipinski definition) is 1. The van der Waals surface area contributed by atoms with Crippen LogP contribution in [0.4, 0.5) is 5.82 Å². The molecule has 25 heavy (non-hydrogen) atoms. The number of carbonyl (C=O) groups is 1. The van der Waals surface area contributed by atoms with Crippen molar-refractivity contribution in [3.05, 3.63) is 48.5 Å². The Labute approximate surface area is 145 Å². The topological polar surface area (TPSA) is 75.9 Å². The molecule has 0 unspecified atom stereocenters. The summed E-state index contributed by atoms with van der Waals surface area (Å²) < 4.78 is 1.91. The highest BCUT2D eigenvalue weighted by atomic mass is 16.1. The lowest BCUT2D eigenvalue weighted by atomic mass is 10.1. The maximum absolute atomic E-state index is 12.7. The number of fused-ring (bicyclic) bond motifs is 1.